The predicted molar refractivity (Wildman–Crippen MR) is 53.7 cm³/mol. The van der Waals surface area contributed by atoms with Crippen molar-refractivity contribution in [3.8, 4) is 0 Å². The van der Waals surface area contributed by atoms with Crippen LogP contribution in [0.4, 0.5) is 18.9 Å². The summed E-state index contributed by atoms with van der Waals surface area (Å²) in [5, 5.41) is 2.28. The van der Waals surface area contributed by atoms with E-state index in [2.05, 4.69) is 27.9 Å². The summed E-state index contributed by atoms with van der Waals surface area (Å²) in [5.41, 5.74) is 0.484. The van der Waals surface area contributed by atoms with Crippen LogP contribution in [-0.2, 0) is 0 Å². The lowest BCUT2D eigenvalue weighted by molar-refractivity contribution is -0.115. The summed E-state index contributed by atoms with van der Waals surface area (Å²) in [6, 6.07) is 6.74. The van der Waals surface area contributed by atoms with E-state index in [0.717, 1.165) is 3.57 Å². The van der Waals surface area contributed by atoms with E-state index in [1.54, 1.807) is 24.3 Å². The number of anilines is 1. The second kappa shape index (κ2) is 4.17. The molecule has 1 aromatic rings. The molecule has 0 spiro atoms. The first-order valence-electron chi connectivity index (χ1n) is 3.53. The van der Waals surface area contributed by atoms with Gasteiger partial charge in [-0.25, -0.2) is 0 Å². The van der Waals surface area contributed by atoms with Crippen LogP contribution < -0.4 is 5.32 Å². The van der Waals surface area contributed by atoms with Crippen LogP contribution >= 0.6 is 22.6 Å². The smallest absolute Gasteiger partial charge is 0.376 e. The molecule has 13 heavy (non-hydrogen) atoms. The Labute approximate surface area is 87.5 Å². The highest BCUT2D eigenvalue weighted by atomic mass is 127. The molecule has 1 nitrogen and oxygen atoms in total. The van der Waals surface area contributed by atoms with Gasteiger partial charge < -0.3 is 5.32 Å². The molecule has 0 aliphatic heterocycles. The number of halogens is 4. The third-order valence-electron chi connectivity index (χ3n) is 1.34. The van der Waals surface area contributed by atoms with Gasteiger partial charge in [0.2, 0.25) is 0 Å². The molecule has 0 aliphatic carbocycles. The van der Waals surface area contributed by atoms with Crippen LogP contribution in [-0.4, -0.2) is 12.7 Å². The van der Waals surface area contributed by atoms with E-state index in [-0.39, 0.29) is 0 Å². The summed E-state index contributed by atoms with van der Waals surface area (Å²) in [6.45, 7) is -0.992. The number of benzene rings is 1. The average molecular weight is 301 g/mol. The Morgan fingerprint density at radius 2 is 1.69 bits per heavy atom. The van der Waals surface area contributed by atoms with Crippen molar-refractivity contribution >= 4 is 28.3 Å². The van der Waals surface area contributed by atoms with Crippen molar-refractivity contribution in [2.45, 2.75) is 6.18 Å². The summed E-state index contributed by atoms with van der Waals surface area (Å²) >= 11 is 2.09. The van der Waals surface area contributed by atoms with E-state index in [1.165, 1.54) is 0 Å². The minimum atomic E-state index is -4.16. The second-order valence-corrected chi connectivity index (χ2v) is 3.72. The van der Waals surface area contributed by atoms with E-state index >= 15 is 0 Å². The zero-order chi connectivity index (χ0) is 9.90. The maximum absolute atomic E-state index is 11.8. The molecule has 0 aliphatic rings. The van der Waals surface area contributed by atoms with E-state index in [0.29, 0.717) is 5.69 Å². The number of hydrogen-bond donors (Lipinski definition) is 1. The Morgan fingerprint density at radius 1 is 1.15 bits per heavy atom. The van der Waals surface area contributed by atoms with Crippen LogP contribution in [0.2, 0.25) is 0 Å². The fraction of sp³-hybridized carbons (Fsp3) is 0.250. The number of hydrogen-bond acceptors (Lipinski definition) is 1. The predicted octanol–water partition coefficient (Wildman–Crippen LogP) is 3.27. The molecule has 0 amide bonds. The molecule has 0 saturated heterocycles. The molecule has 0 saturated carbocycles. The van der Waals surface area contributed by atoms with Gasteiger partial charge >= 0.3 is 6.18 Å². The van der Waals surface area contributed by atoms with Crippen LogP contribution in [0.15, 0.2) is 24.3 Å². The van der Waals surface area contributed by atoms with Crippen molar-refractivity contribution in [2.24, 2.45) is 0 Å². The van der Waals surface area contributed by atoms with Crippen LogP contribution in [0.1, 0.15) is 0 Å². The van der Waals surface area contributed by atoms with Crippen LogP contribution in [0.3, 0.4) is 0 Å². The Bertz CT molecular complexity index is 268. The van der Waals surface area contributed by atoms with Gasteiger partial charge in [-0.2, -0.15) is 13.2 Å². The van der Waals surface area contributed by atoms with Gasteiger partial charge in [-0.15, -0.1) is 0 Å². The Hall–Kier alpha value is -0.460. The summed E-state index contributed by atoms with van der Waals surface area (Å²) in [5.74, 6) is 0. The average Bonchev–Trinajstić information content (AvgIpc) is 2.02. The topological polar surface area (TPSA) is 12.0 Å². The Balaban J connectivity index is 2.51. The molecular weight excluding hydrogens is 294 g/mol. The summed E-state index contributed by atoms with van der Waals surface area (Å²) < 4.78 is 36.3. The van der Waals surface area contributed by atoms with E-state index in [4.69, 9.17) is 0 Å². The normalized spacial score (nSPS) is 11.4. The first-order valence-corrected chi connectivity index (χ1v) is 4.61. The monoisotopic (exact) mass is 301 g/mol. The molecule has 0 bridgehead atoms. The highest BCUT2D eigenvalue weighted by molar-refractivity contribution is 14.1. The number of rotatable bonds is 2. The number of alkyl halides is 3. The molecule has 0 atom stereocenters. The standard InChI is InChI=1S/C8H7F3IN/c9-8(10,11)5-13-7-3-1-6(12)2-4-7/h1-4,13H,5H2. The first kappa shape index (κ1) is 10.6. The third-order valence-corrected chi connectivity index (χ3v) is 2.06. The van der Waals surface area contributed by atoms with Crippen molar-refractivity contribution in [1.29, 1.82) is 0 Å². The maximum Gasteiger partial charge on any atom is 0.405 e. The highest BCUT2D eigenvalue weighted by Crippen LogP contribution is 2.17. The van der Waals surface area contributed by atoms with E-state index in [9.17, 15) is 13.2 Å². The molecular formula is C8H7F3IN. The molecule has 5 heteroatoms. The summed E-state index contributed by atoms with van der Waals surface area (Å²) in [7, 11) is 0. The van der Waals surface area contributed by atoms with Gasteiger partial charge in [-0.1, -0.05) is 0 Å². The summed E-state index contributed by atoms with van der Waals surface area (Å²) in [4.78, 5) is 0. The van der Waals surface area contributed by atoms with Crippen molar-refractivity contribution in [3.63, 3.8) is 0 Å². The minimum Gasteiger partial charge on any atom is -0.376 e. The largest absolute Gasteiger partial charge is 0.405 e. The fourth-order valence-corrected chi connectivity index (χ4v) is 1.13. The zero-order valence-electron chi connectivity index (χ0n) is 6.53. The van der Waals surface area contributed by atoms with Crippen molar-refractivity contribution in [3.05, 3.63) is 27.8 Å². The fourth-order valence-electron chi connectivity index (χ4n) is 0.770. The Morgan fingerprint density at radius 3 is 2.15 bits per heavy atom. The Kier molecular flexibility index (Phi) is 3.40. The number of nitrogens with one attached hydrogen (secondary N) is 1. The van der Waals surface area contributed by atoms with Crippen molar-refractivity contribution in [2.75, 3.05) is 11.9 Å². The van der Waals surface area contributed by atoms with Gasteiger partial charge in [0.05, 0.1) is 0 Å². The lowest BCUT2D eigenvalue weighted by Gasteiger charge is -2.08. The molecule has 1 aromatic carbocycles. The van der Waals surface area contributed by atoms with Gasteiger partial charge in [-0.05, 0) is 46.9 Å². The third kappa shape index (κ3) is 4.35. The lowest BCUT2D eigenvalue weighted by atomic mass is 10.3. The first-order chi connectivity index (χ1) is 5.97. The molecule has 0 heterocycles. The summed E-state index contributed by atoms with van der Waals surface area (Å²) in [6.07, 6.45) is -4.16. The minimum absolute atomic E-state index is 0.484. The molecule has 72 valence electrons. The molecule has 0 radical (unpaired) electrons. The van der Waals surface area contributed by atoms with Crippen LogP contribution in [0.25, 0.3) is 0 Å². The molecule has 0 unspecified atom stereocenters. The lowest BCUT2D eigenvalue weighted by Crippen LogP contribution is -2.21. The van der Waals surface area contributed by atoms with Crippen molar-refractivity contribution in [1.82, 2.24) is 0 Å². The highest BCUT2D eigenvalue weighted by Gasteiger charge is 2.26. The molecule has 1 N–H and O–H groups in total. The van der Waals surface area contributed by atoms with Crippen molar-refractivity contribution < 1.29 is 13.2 Å². The SMILES string of the molecule is FC(F)(F)CNc1ccc(I)cc1. The van der Waals surface area contributed by atoms with Gasteiger partial charge in [0, 0.05) is 9.26 Å². The molecule has 0 aromatic heterocycles. The van der Waals surface area contributed by atoms with Crippen LogP contribution in [0, 0.1) is 3.57 Å². The van der Waals surface area contributed by atoms with E-state index < -0.39 is 12.7 Å². The molecule has 1 rings (SSSR count). The van der Waals surface area contributed by atoms with E-state index in [1.807, 2.05) is 0 Å². The van der Waals surface area contributed by atoms with Gasteiger partial charge in [0.25, 0.3) is 0 Å². The zero-order valence-corrected chi connectivity index (χ0v) is 8.69. The molecule has 0 fully saturated rings. The maximum atomic E-state index is 11.8. The quantitative estimate of drug-likeness (QED) is 0.827. The van der Waals surface area contributed by atoms with Crippen LogP contribution in [0.5, 0.6) is 0 Å². The second-order valence-electron chi connectivity index (χ2n) is 2.48. The van der Waals surface area contributed by atoms with Gasteiger partial charge in [0.1, 0.15) is 6.54 Å². The van der Waals surface area contributed by atoms with Gasteiger partial charge in [-0.3, -0.25) is 0 Å². The van der Waals surface area contributed by atoms with Gasteiger partial charge in [0.15, 0.2) is 0 Å².